The highest BCUT2D eigenvalue weighted by atomic mass is 16.2. The Labute approximate surface area is 98.6 Å². The van der Waals surface area contributed by atoms with Crippen molar-refractivity contribution < 1.29 is 4.79 Å². The maximum atomic E-state index is 12.3. The molecule has 0 spiro atoms. The quantitative estimate of drug-likeness (QED) is 0.775. The van der Waals surface area contributed by atoms with Gasteiger partial charge in [-0.05, 0) is 32.2 Å². The van der Waals surface area contributed by atoms with Crippen LogP contribution in [0.2, 0.25) is 0 Å². The van der Waals surface area contributed by atoms with Crippen molar-refractivity contribution in [3.05, 3.63) is 0 Å². The molecule has 1 heterocycles. The van der Waals surface area contributed by atoms with Gasteiger partial charge in [0.15, 0.2) is 0 Å². The van der Waals surface area contributed by atoms with E-state index in [9.17, 15) is 4.79 Å². The predicted octanol–water partition coefficient (Wildman–Crippen LogP) is 1.78. The first-order valence-electron chi connectivity index (χ1n) is 6.76. The Morgan fingerprint density at radius 2 is 1.88 bits per heavy atom. The highest BCUT2D eigenvalue weighted by Crippen LogP contribution is 2.26. The zero-order valence-electron chi connectivity index (χ0n) is 10.4. The van der Waals surface area contributed by atoms with Gasteiger partial charge in [-0.2, -0.15) is 0 Å². The molecule has 0 unspecified atom stereocenters. The number of likely N-dealkylation sites (N-methyl/N-ethyl adjacent to an activating group) is 1. The highest BCUT2D eigenvalue weighted by molar-refractivity contribution is 5.79. The van der Waals surface area contributed by atoms with Crippen LogP contribution >= 0.6 is 0 Å². The van der Waals surface area contributed by atoms with Crippen molar-refractivity contribution in [1.82, 2.24) is 10.2 Å². The molecule has 16 heavy (non-hydrogen) atoms. The molecule has 0 aromatic carbocycles. The summed E-state index contributed by atoms with van der Waals surface area (Å²) in [6, 6.07) is 0.433. The van der Waals surface area contributed by atoms with Crippen molar-refractivity contribution in [3.8, 4) is 0 Å². The number of hydrogen-bond donors (Lipinski definition) is 1. The Morgan fingerprint density at radius 1 is 1.12 bits per heavy atom. The third-order valence-electron chi connectivity index (χ3n) is 4.12. The number of carbonyl (C=O) groups excluding carboxylic acids is 1. The molecule has 2 fully saturated rings. The normalized spacial score (nSPS) is 27.7. The van der Waals surface area contributed by atoms with E-state index in [1.54, 1.807) is 0 Å². The van der Waals surface area contributed by atoms with Gasteiger partial charge in [-0.25, -0.2) is 0 Å². The molecule has 1 atom stereocenters. The number of amides is 1. The molecule has 0 bridgehead atoms. The summed E-state index contributed by atoms with van der Waals surface area (Å²) < 4.78 is 0. The van der Waals surface area contributed by atoms with E-state index in [2.05, 4.69) is 5.32 Å². The molecule has 0 aromatic heterocycles. The largest absolute Gasteiger partial charge is 0.341 e. The molecular formula is C13H24N2O. The van der Waals surface area contributed by atoms with Crippen molar-refractivity contribution in [1.29, 1.82) is 0 Å². The lowest BCUT2D eigenvalue weighted by Crippen LogP contribution is -2.48. The smallest absolute Gasteiger partial charge is 0.225 e. The summed E-state index contributed by atoms with van der Waals surface area (Å²) in [5, 5.41) is 3.38. The third kappa shape index (κ3) is 2.76. The Balaban J connectivity index is 1.86. The van der Waals surface area contributed by atoms with Crippen LogP contribution < -0.4 is 5.32 Å². The summed E-state index contributed by atoms with van der Waals surface area (Å²) in [7, 11) is 1.99. The van der Waals surface area contributed by atoms with Crippen molar-refractivity contribution >= 4 is 5.91 Å². The third-order valence-corrected chi connectivity index (χ3v) is 4.12. The fraction of sp³-hybridized carbons (Fsp3) is 0.923. The topological polar surface area (TPSA) is 32.3 Å². The summed E-state index contributed by atoms with van der Waals surface area (Å²) in [5.74, 6) is 0.717. The second-order valence-electron chi connectivity index (χ2n) is 5.28. The van der Waals surface area contributed by atoms with Gasteiger partial charge in [0.2, 0.25) is 5.91 Å². The molecule has 1 aliphatic carbocycles. The lowest BCUT2D eigenvalue weighted by Gasteiger charge is -2.35. The van der Waals surface area contributed by atoms with Gasteiger partial charge in [-0.1, -0.05) is 19.3 Å². The fourth-order valence-corrected chi connectivity index (χ4v) is 2.98. The minimum atomic E-state index is 0.320. The molecule has 3 nitrogen and oxygen atoms in total. The molecule has 1 N–H and O–H groups in total. The van der Waals surface area contributed by atoms with Gasteiger partial charge in [0, 0.05) is 25.6 Å². The zero-order chi connectivity index (χ0) is 11.4. The van der Waals surface area contributed by atoms with Crippen molar-refractivity contribution in [2.75, 3.05) is 20.1 Å². The summed E-state index contributed by atoms with van der Waals surface area (Å²) in [4.78, 5) is 14.3. The number of piperidine rings is 1. The van der Waals surface area contributed by atoms with Crippen LogP contribution in [0.25, 0.3) is 0 Å². The van der Waals surface area contributed by atoms with E-state index in [1.165, 1.54) is 32.1 Å². The molecule has 3 heteroatoms. The van der Waals surface area contributed by atoms with Crippen LogP contribution in [0, 0.1) is 5.92 Å². The average molecular weight is 224 g/mol. The van der Waals surface area contributed by atoms with E-state index in [-0.39, 0.29) is 0 Å². The first-order chi connectivity index (χ1) is 7.79. The lowest BCUT2D eigenvalue weighted by molar-refractivity contribution is -0.137. The SMILES string of the molecule is CN(C(=O)C1CCCCC1)[C@H]1CCCNC1. The van der Waals surface area contributed by atoms with Crippen LogP contribution in [-0.2, 0) is 4.79 Å². The van der Waals surface area contributed by atoms with E-state index in [1.807, 2.05) is 11.9 Å². The highest BCUT2D eigenvalue weighted by Gasteiger charge is 2.28. The first-order valence-corrected chi connectivity index (χ1v) is 6.76. The maximum Gasteiger partial charge on any atom is 0.225 e. The van der Waals surface area contributed by atoms with E-state index in [0.29, 0.717) is 17.9 Å². The van der Waals surface area contributed by atoms with Gasteiger partial charge in [0.1, 0.15) is 0 Å². The van der Waals surface area contributed by atoms with Gasteiger partial charge in [0.05, 0.1) is 0 Å². The lowest BCUT2D eigenvalue weighted by atomic mass is 9.88. The fourth-order valence-electron chi connectivity index (χ4n) is 2.98. The van der Waals surface area contributed by atoms with E-state index in [4.69, 9.17) is 0 Å². The molecule has 1 saturated carbocycles. The van der Waals surface area contributed by atoms with E-state index >= 15 is 0 Å². The second-order valence-corrected chi connectivity index (χ2v) is 5.28. The second kappa shape index (κ2) is 5.67. The van der Waals surface area contributed by atoms with Gasteiger partial charge < -0.3 is 10.2 Å². The predicted molar refractivity (Wildman–Crippen MR) is 65.2 cm³/mol. The molecule has 1 saturated heterocycles. The summed E-state index contributed by atoms with van der Waals surface area (Å²) in [6.07, 6.45) is 8.40. The Morgan fingerprint density at radius 3 is 2.50 bits per heavy atom. The number of nitrogens with one attached hydrogen (secondary N) is 1. The van der Waals surface area contributed by atoms with Gasteiger partial charge in [0.25, 0.3) is 0 Å². The molecule has 2 rings (SSSR count). The van der Waals surface area contributed by atoms with Crippen LogP contribution in [0.1, 0.15) is 44.9 Å². The van der Waals surface area contributed by atoms with Gasteiger partial charge >= 0.3 is 0 Å². The number of rotatable bonds is 2. The van der Waals surface area contributed by atoms with Crippen molar-refractivity contribution in [3.63, 3.8) is 0 Å². The van der Waals surface area contributed by atoms with Crippen molar-refractivity contribution in [2.45, 2.75) is 51.0 Å². The van der Waals surface area contributed by atoms with Crippen LogP contribution in [-0.4, -0.2) is 37.0 Å². The Bertz CT molecular complexity index is 230. The molecular weight excluding hydrogens is 200 g/mol. The Kier molecular flexibility index (Phi) is 4.22. The Hall–Kier alpha value is -0.570. The number of nitrogens with zero attached hydrogens (tertiary/aromatic N) is 1. The maximum absolute atomic E-state index is 12.3. The number of hydrogen-bond acceptors (Lipinski definition) is 2. The zero-order valence-corrected chi connectivity index (χ0v) is 10.4. The van der Waals surface area contributed by atoms with Crippen molar-refractivity contribution in [2.24, 2.45) is 5.92 Å². The molecule has 1 amide bonds. The van der Waals surface area contributed by atoms with Crippen LogP contribution in [0.15, 0.2) is 0 Å². The monoisotopic (exact) mass is 224 g/mol. The first kappa shape index (κ1) is 11.9. The number of carbonyl (C=O) groups is 1. The standard InChI is InChI=1S/C13H24N2O/c1-15(12-8-5-9-14-10-12)13(16)11-6-3-2-4-7-11/h11-12,14H,2-10H2,1H3/t12-/m0/s1. The van der Waals surface area contributed by atoms with E-state index in [0.717, 1.165) is 25.9 Å². The molecule has 2 aliphatic rings. The van der Waals surface area contributed by atoms with Crippen LogP contribution in [0.3, 0.4) is 0 Å². The summed E-state index contributed by atoms with van der Waals surface area (Å²) >= 11 is 0. The minimum absolute atomic E-state index is 0.320. The average Bonchev–Trinajstić information content (AvgIpc) is 2.39. The summed E-state index contributed by atoms with van der Waals surface area (Å²) in [6.45, 7) is 2.09. The minimum Gasteiger partial charge on any atom is -0.341 e. The molecule has 0 aromatic rings. The van der Waals surface area contributed by atoms with Gasteiger partial charge in [-0.15, -0.1) is 0 Å². The summed E-state index contributed by atoms with van der Waals surface area (Å²) in [5.41, 5.74) is 0. The molecule has 1 aliphatic heterocycles. The molecule has 0 radical (unpaired) electrons. The van der Waals surface area contributed by atoms with Gasteiger partial charge in [-0.3, -0.25) is 4.79 Å². The van der Waals surface area contributed by atoms with Crippen LogP contribution in [0.4, 0.5) is 0 Å². The van der Waals surface area contributed by atoms with E-state index < -0.39 is 0 Å². The molecule has 92 valence electrons. The van der Waals surface area contributed by atoms with Crippen LogP contribution in [0.5, 0.6) is 0 Å².